The summed E-state index contributed by atoms with van der Waals surface area (Å²) in [5.74, 6) is 4.23. The van der Waals surface area contributed by atoms with Crippen molar-refractivity contribution in [3.63, 3.8) is 0 Å². The minimum Gasteiger partial charge on any atom is -0.479 e. The fourth-order valence-electron chi connectivity index (χ4n) is 3.80. The van der Waals surface area contributed by atoms with Crippen molar-refractivity contribution in [3.8, 4) is 0 Å². The molecule has 1 heterocycles. The zero-order valence-electron chi connectivity index (χ0n) is 17.9. The minimum atomic E-state index is -1.11. The fourth-order valence-corrected chi connectivity index (χ4v) is 3.80. The Kier molecular flexibility index (Phi) is 7.39. The monoisotopic (exact) mass is 419 g/mol. The number of carbonyl (C=O) groups is 1. The number of carboxylic acids is 1. The van der Waals surface area contributed by atoms with E-state index in [1.54, 1.807) is 6.20 Å². The third-order valence-electron chi connectivity index (χ3n) is 5.54. The molecule has 0 bridgehead atoms. The van der Waals surface area contributed by atoms with E-state index in [0.717, 1.165) is 17.6 Å². The molecule has 0 saturated heterocycles. The van der Waals surface area contributed by atoms with Gasteiger partial charge in [0.05, 0.1) is 12.4 Å². The third kappa shape index (κ3) is 5.69. The van der Waals surface area contributed by atoms with E-state index >= 15 is 0 Å². The van der Waals surface area contributed by atoms with E-state index in [-0.39, 0.29) is 6.04 Å². The molecule has 6 heteroatoms. The van der Waals surface area contributed by atoms with Gasteiger partial charge in [-0.15, -0.1) is 0 Å². The summed E-state index contributed by atoms with van der Waals surface area (Å²) in [7, 11) is 0. The Balaban J connectivity index is 2.04. The van der Waals surface area contributed by atoms with Gasteiger partial charge >= 0.3 is 5.97 Å². The molecule has 0 saturated carbocycles. The maximum atomic E-state index is 11.6. The molecule has 31 heavy (non-hydrogen) atoms. The summed E-state index contributed by atoms with van der Waals surface area (Å²) in [6.45, 7) is 3.70. The van der Waals surface area contributed by atoms with Gasteiger partial charge in [-0.1, -0.05) is 80.6 Å². The summed E-state index contributed by atoms with van der Waals surface area (Å²) in [6.07, 6.45) is 7.79. The van der Waals surface area contributed by atoms with Crippen LogP contribution in [0.5, 0.6) is 0 Å². The molecular weight excluding hydrogens is 390 g/mol. The van der Waals surface area contributed by atoms with Crippen LogP contribution in [0.15, 0.2) is 85.5 Å². The Morgan fingerprint density at radius 3 is 2.35 bits per heavy atom. The number of imidazole rings is 1. The van der Waals surface area contributed by atoms with Gasteiger partial charge in [0.15, 0.2) is 6.10 Å². The predicted octanol–water partition coefficient (Wildman–Crippen LogP) is 4.51. The number of rotatable bonds is 10. The van der Waals surface area contributed by atoms with E-state index in [1.807, 2.05) is 62.8 Å². The van der Waals surface area contributed by atoms with Crippen LogP contribution in [0.1, 0.15) is 37.4 Å². The van der Waals surface area contributed by atoms with Crippen molar-refractivity contribution in [2.24, 2.45) is 11.3 Å². The van der Waals surface area contributed by atoms with Crippen LogP contribution >= 0.6 is 0 Å². The molecule has 3 N–H and O–H groups in total. The van der Waals surface area contributed by atoms with Crippen molar-refractivity contribution in [1.82, 2.24) is 9.55 Å². The molecule has 3 aromatic rings. The molecule has 2 aromatic carbocycles. The van der Waals surface area contributed by atoms with Crippen molar-refractivity contribution < 1.29 is 14.7 Å². The molecule has 6 nitrogen and oxygen atoms in total. The number of allylic oxidation sites excluding steroid dienone is 2. The van der Waals surface area contributed by atoms with E-state index in [9.17, 15) is 9.90 Å². The van der Waals surface area contributed by atoms with E-state index in [0.29, 0.717) is 6.42 Å². The molecule has 162 valence electrons. The topological polar surface area (TPSA) is 90.4 Å². The highest BCUT2D eigenvalue weighted by Crippen LogP contribution is 2.35. The van der Waals surface area contributed by atoms with Crippen LogP contribution in [-0.2, 0) is 16.1 Å². The summed E-state index contributed by atoms with van der Waals surface area (Å²) in [5, 5.41) is 9.51. The van der Waals surface area contributed by atoms with Gasteiger partial charge in [-0.2, -0.15) is 0 Å². The van der Waals surface area contributed by atoms with Gasteiger partial charge < -0.3 is 9.67 Å². The highest BCUT2D eigenvalue weighted by molar-refractivity contribution is 5.74. The summed E-state index contributed by atoms with van der Waals surface area (Å²) in [6, 6.07) is 20.4. The molecule has 0 spiro atoms. The maximum absolute atomic E-state index is 11.6. The number of benzene rings is 2. The average Bonchev–Trinajstić information content (AvgIpc) is 3.29. The molecule has 2 unspecified atom stereocenters. The molecule has 0 aliphatic carbocycles. The second-order valence-corrected chi connectivity index (χ2v) is 8.29. The lowest BCUT2D eigenvalue weighted by atomic mass is 9.81. The Hall–Kier alpha value is -3.22. The van der Waals surface area contributed by atoms with E-state index in [4.69, 9.17) is 10.7 Å². The second-order valence-electron chi connectivity index (χ2n) is 8.29. The second kappa shape index (κ2) is 10.2. The standard InChI is InChI=1S/C25H29N3O3/c1-25(2,23(31-26)24(29)30)14-13-21(20-11-7-4-8-12-20)22(28-16-15-27-18-28)17-19-9-5-3-6-10-19/h3-13,15-16,18,22-23H,14,17,26H2,1-2H3,(H,29,30)/b21-13-. The molecule has 0 aliphatic heterocycles. The zero-order valence-corrected chi connectivity index (χ0v) is 17.9. The highest BCUT2D eigenvalue weighted by Gasteiger charge is 2.35. The first-order chi connectivity index (χ1) is 14.9. The average molecular weight is 420 g/mol. The van der Waals surface area contributed by atoms with Crippen molar-refractivity contribution in [3.05, 3.63) is 96.6 Å². The third-order valence-corrected chi connectivity index (χ3v) is 5.54. The Morgan fingerprint density at radius 1 is 1.16 bits per heavy atom. The van der Waals surface area contributed by atoms with Crippen molar-refractivity contribution >= 4 is 11.5 Å². The largest absolute Gasteiger partial charge is 0.479 e. The van der Waals surface area contributed by atoms with Gasteiger partial charge in [-0.25, -0.2) is 15.7 Å². The number of aromatic nitrogens is 2. The summed E-state index contributed by atoms with van der Waals surface area (Å²) in [4.78, 5) is 20.7. The molecule has 0 radical (unpaired) electrons. The SMILES string of the molecule is CC(C)(C/C=C(/c1ccccc1)C(Cc1ccccc1)n1ccnc1)C(ON)C(=O)O. The lowest BCUT2D eigenvalue weighted by Crippen LogP contribution is -2.40. The van der Waals surface area contributed by atoms with Crippen molar-refractivity contribution in [2.75, 3.05) is 0 Å². The Bertz CT molecular complexity index is 983. The minimum absolute atomic E-state index is 0.00910. The fraction of sp³-hybridized carbons (Fsp3) is 0.280. The number of hydrogen-bond acceptors (Lipinski definition) is 4. The van der Waals surface area contributed by atoms with Crippen LogP contribution in [0.2, 0.25) is 0 Å². The summed E-state index contributed by atoms with van der Waals surface area (Å²) >= 11 is 0. The van der Waals surface area contributed by atoms with Gasteiger partial charge in [-0.3, -0.25) is 4.84 Å². The molecule has 0 amide bonds. The number of carboxylic acid groups (broad SMARTS) is 1. The van der Waals surface area contributed by atoms with Crippen LogP contribution < -0.4 is 5.90 Å². The molecule has 0 fully saturated rings. The van der Waals surface area contributed by atoms with E-state index < -0.39 is 17.5 Å². The van der Waals surface area contributed by atoms with Gasteiger partial charge in [0.25, 0.3) is 0 Å². The van der Waals surface area contributed by atoms with Crippen molar-refractivity contribution in [2.45, 2.75) is 38.8 Å². The van der Waals surface area contributed by atoms with E-state index in [1.165, 1.54) is 5.56 Å². The number of nitrogens with two attached hydrogens (primary N) is 1. The van der Waals surface area contributed by atoms with Gasteiger partial charge in [-0.05, 0) is 29.5 Å². The van der Waals surface area contributed by atoms with Gasteiger partial charge in [0.2, 0.25) is 0 Å². The number of hydrogen-bond donors (Lipinski definition) is 2. The molecule has 3 rings (SSSR count). The first-order valence-electron chi connectivity index (χ1n) is 10.3. The lowest BCUT2D eigenvalue weighted by Gasteiger charge is -2.30. The first-order valence-corrected chi connectivity index (χ1v) is 10.3. The quantitative estimate of drug-likeness (QED) is 0.472. The first kappa shape index (κ1) is 22.5. The predicted molar refractivity (Wildman–Crippen MR) is 121 cm³/mol. The molecular formula is C25H29N3O3. The number of aliphatic carboxylic acids is 1. The van der Waals surface area contributed by atoms with Crippen LogP contribution in [-0.4, -0.2) is 26.7 Å². The summed E-state index contributed by atoms with van der Waals surface area (Å²) < 4.78 is 2.09. The Labute approximate surface area is 183 Å². The van der Waals surface area contributed by atoms with Crippen LogP contribution in [0, 0.1) is 5.41 Å². The lowest BCUT2D eigenvalue weighted by molar-refractivity contribution is -0.159. The van der Waals surface area contributed by atoms with Crippen molar-refractivity contribution in [1.29, 1.82) is 0 Å². The molecule has 1 aromatic heterocycles. The molecule has 2 atom stereocenters. The Morgan fingerprint density at radius 2 is 1.81 bits per heavy atom. The molecule has 0 aliphatic rings. The smallest absolute Gasteiger partial charge is 0.335 e. The van der Waals surface area contributed by atoms with Crippen LogP contribution in [0.25, 0.3) is 5.57 Å². The maximum Gasteiger partial charge on any atom is 0.335 e. The van der Waals surface area contributed by atoms with E-state index in [2.05, 4.69) is 39.9 Å². The van der Waals surface area contributed by atoms with Gasteiger partial charge in [0.1, 0.15) is 0 Å². The highest BCUT2D eigenvalue weighted by atomic mass is 16.6. The normalized spacial score (nSPS) is 14.2. The van der Waals surface area contributed by atoms with Gasteiger partial charge in [0, 0.05) is 17.8 Å². The summed E-state index contributed by atoms with van der Waals surface area (Å²) in [5.41, 5.74) is 2.67. The van der Waals surface area contributed by atoms with Crippen LogP contribution in [0.4, 0.5) is 0 Å². The number of nitrogens with zero attached hydrogens (tertiary/aromatic N) is 2. The van der Waals surface area contributed by atoms with Crippen LogP contribution in [0.3, 0.4) is 0 Å². The zero-order chi connectivity index (χ0) is 22.3.